The van der Waals surface area contributed by atoms with E-state index >= 15 is 0 Å². The Kier molecular flexibility index (Phi) is 2.86. The molecule has 0 aliphatic rings. The van der Waals surface area contributed by atoms with Crippen molar-refractivity contribution in [2.75, 3.05) is 0 Å². The summed E-state index contributed by atoms with van der Waals surface area (Å²) in [6, 6.07) is 3.08. The highest BCUT2D eigenvalue weighted by atomic mass is 32.2. The van der Waals surface area contributed by atoms with Gasteiger partial charge in [0.2, 0.25) is 0 Å². The van der Waals surface area contributed by atoms with Crippen LogP contribution in [0.1, 0.15) is 5.69 Å². The minimum absolute atomic E-state index is 0.168. The summed E-state index contributed by atoms with van der Waals surface area (Å²) in [6.45, 7) is 1.81. The zero-order valence-electron chi connectivity index (χ0n) is 9.03. The molecule has 0 fully saturated rings. The van der Waals surface area contributed by atoms with E-state index in [1.165, 1.54) is 18.6 Å². The summed E-state index contributed by atoms with van der Waals surface area (Å²) in [7, 11) is -3.80. The van der Waals surface area contributed by atoms with Gasteiger partial charge in [-0.25, -0.2) is 28.5 Å². The molecule has 0 spiro atoms. The molecule has 7 heteroatoms. The third kappa shape index (κ3) is 2.45. The van der Waals surface area contributed by atoms with Crippen molar-refractivity contribution in [1.29, 1.82) is 0 Å². The fourth-order valence-corrected chi connectivity index (χ4v) is 1.91. The number of hydrogen-bond acceptors (Lipinski definition) is 5. The van der Waals surface area contributed by atoms with Gasteiger partial charge in [0, 0.05) is 23.7 Å². The average molecular weight is 250 g/mol. The zero-order chi connectivity index (χ0) is 12.5. The number of rotatable bonds is 2. The van der Waals surface area contributed by atoms with Gasteiger partial charge in [-0.1, -0.05) is 0 Å². The lowest BCUT2D eigenvalue weighted by molar-refractivity contribution is 0.594. The fraction of sp³-hybridized carbons (Fsp3) is 0.100. The highest BCUT2D eigenvalue weighted by Crippen LogP contribution is 2.21. The first-order valence-corrected chi connectivity index (χ1v) is 6.29. The van der Waals surface area contributed by atoms with Gasteiger partial charge in [-0.15, -0.1) is 0 Å². The summed E-state index contributed by atoms with van der Waals surface area (Å²) in [6.07, 6.45) is 4.44. The van der Waals surface area contributed by atoms with Crippen molar-refractivity contribution < 1.29 is 8.42 Å². The summed E-state index contributed by atoms with van der Waals surface area (Å²) in [5.41, 5.74) is 2.17. The molecule has 0 amide bonds. The van der Waals surface area contributed by atoms with Gasteiger partial charge in [0.1, 0.15) is 6.33 Å². The Morgan fingerprint density at radius 1 is 1.29 bits per heavy atom. The van der Waals surface area contributed by atoms with Gasteiger partial charge in [0.25, 0.3) is 10.0 Å². The van der Waals surface area contributed by atoms with E-state index in [-0.39, 0.29) is 5.03 Å². The number of sulfonamides is 1. The molecule has 0 radical (unpaired) electrons. The molecule has 0 aromatic carbocycles. The molecule has 88 valence electrons. The van der Waals surface area contributed by atoms with E-state index in [1.807, 2.05) is 6.92 Å². The molecule has 2 aromatic heterocycles. The second kappa shape index (κ2) is 4.19. The van der Waals surface area contributed by atoms with Crippen LogP contribution in [0.2, 0.25) is 0 Å². The van der Waals surface area contributed by atoms with Crippen molar-refractivity contribution in [3.8, 4) is 11.1 Å². The SMILES string of the molecule is Cc1ncncc1-c1ccnc(S(N)(=O)=O)c1. The molecule has 6 nitrogen and oxygen atoms in total. The van der Waals surface area contributed by atoms with E-state index in [0.29, 0.717) is 5.56 Å². The van der Waals surface area contributed by atoms with Crippen LogP contribution in [0.25, 0.3) is 11.1 Å². The van der Waals surface area contributed by atoms with Crippen LogP contribution in [0.5, 0.6) is 0 Å². The van der Waals surface area contributed by atoms with Crippen LogP contribution in [0.15, 0.2) is 35.9 Å². The summed E-state index contributed by atoms with van der Waals surface area (Å²) in [5, 5.41) is 4.85. The lowest BCUT2D eigenvalue weighted by atomic mass is 10.1. The number of pyridine rings is 1. The molecule has 2 aromatic rings. The Morgan fingerprint density at radius 2 is 2.06 bits per heavy atom. The van der Waals surface area contributed by atoms with E-state index in [1.54, 1.807) is 12.3 Å². The summed E-state index contributed by atoms with van der Waals surface area (Å²) in [5.74, 6) is 0. The summed E-state index contributed by atoms with van der Waals surface area (Å²) < 4.78 is 22.4. The highest BCUT2D eigenvalue weighted by Gasteiger charge is 2.11. The largest absolute Gasteiger partial charge is 0.255 e. The smallest absolute Gasteiger partial charge is 0.244 e. The van der Waals surface area contributed by atoms with E-state index in [4.69, 9.17) is 5.14 Å². The Bertz CT molecular complexity index is 655. The first kappa shape index (κ1) is 11.6. The van der Waals surface area contributed by atoms with Gasteiger partial charge >= 0.3 is 0 Å². The molecule has 0 aliphatic heterocycles. The predicted molar refractivity (Wildman–Crippen MR) is 61.4 cm³/mol. The van der Waals surface area contributed by atoms with Crippen LogP contribution in [-0.4, -0.2) is 23.4 Å². The van der Waals surface area contributed by atoms with Crippen LogP contribution >= 0.6 is 0 Å². The summed E-state index contributed by atoms with van der Waals surface area (Å²) in [4.78, 5) is 11.6. The van der Waals surface area contributed by atoms with Crippen LogP contribution in [0.4, 0.5) is 0 Å². The molecule has 0 aliphatic carbocycles. The minimum Gasteiger partial charge on any atom is -0.244 e. The van der Waals surface area contributed by atoms with Gasteiger partial charge in [-0.3, -0.25) is 0 Å². The second-order valence-electron chi connectivity index (χ2n) is 3.45. The van der Waals surface area contributed by atoms with Crippen LogP contribution in [-0.2, 0) is 10.0 Å². The standard InChI is InChI=1S/C10H10N4O2S/c1-7-9(5-12-6-14-7)8-2-3-13-10(4-8)17(11,15)16/h2-6H,1H3,(H2,11,15,16). The molecule has 2 N–H and O–H groups in total. The van der Waals surface area contributed by atoms with Crippen LogP contribution < -0.4 is 5.14 Å². The van der Waals surface area contributed by atoms with Crippen molar-refractivity contribution in [2.24, 2.45) is 5.14 Å². The van der Waals surface area contributed by atoms with Gasteiger partial charge in [0.05, 0.1) is 0 Å². The van der Waals surface area contributed by atoms with Crippen molar-refractivity contribution in [3.05, 3.63) is 36.5 Å². The normalized spacial score (nSPS) is 11.4. The number of aryl methyl sites for hydroxylation is 1. The lowest BCUT2D eigenvalue weighted by Gasteiger charge is -2.05. The third-order valence-electron chi connectivity index (χ3n) is 2.25. The van der Waals surface area contributed by atoms with Gasteiger partial charge < -0.3 is 0 Å². The maximum Gasteiger partial charge on any atom is 0.255 e. The number of primary sulfonamides is 1. The monoisotopic (exact) mass is 250 g/mol. The number of aromatic nitrogens is 3. The number of nitrogens with zero attached hydrogens (tertiary/aromatic N) is 3. The van der Waals surface area contributed by atoms with Crippen LogP contribution in [0.3, 0.4) is 0 Å². The number of nitrogens with two attached hydrogens (primary N) is 1. The molecule has 0 unspecified atom stereocenters. The Balaban J connectivity index is 2.59. The third-order valence-corrected chi connectivity index (χ3v) is 3.06. The molecule has 2 rings (SSSR count). The Morgan fingerprint density at radius 3 is 2.71 bits per heavy atom. The summed E-state index contributed by atoms with van der Waals surface area (Å²) >= 11 is 0. The van der Waals surface area contributed by atoms with Gasteiger partial charge in [0.15, 0.2) is 5.03 Å². The minimum atomic E-state index is -3.80. The second-order valence-corrected chi connectivity index (χ2v) is 4.96. The van der Waals surface area contributed by atoms with E-state index in [2.05, 4.69) is 15.0 Å². The maximum atomic E-state index is 11.2. The quantitative estimate of drug-likeness (QED) is 0.836. The molecular formula is C10H10N4O2S. The van der Waals surface area contributed by atoms with Crippen LogP contribution in [0, 0.1) is 6.92 Å². The van der Waals surface area contributed by atoms with E-state index in [0.717, 1.165) is 11.3 Å². The molecular weight excluding hydrogens is 240 g/mol. The van der Waals surface area contributed by atoms with Gasteiger partial charge in [-0.05, 0) is 24.6 Å². The van der Waals surface area contributed by atoms with Crippen molar-refractivity contribution in [2.45, 2.75) is 11.9 Å². The first-order valence-electron chi connectivity index (χ1n) is 4.74. The fourth-order valence-electron chi connectivity index (χ4n) is 1.41. The van der Waals surface area contributed by atoms with Crippen molar-refractivity contribution >= 4 is 10.0 Å². The molecule has 0 bridgehead atoms. The Hall–Kier alpha value is -1.86. The topological polar surface area (TPSA) is 98.8 Å². The van der Waals surface area contributed by atoms with Crippen molar-refractivity contribution in [3.63, 3.8) is 0 Å². The molecule has 0 saturated heterocycles. The lowest BCUT2D eigenvalue weighted by Crippen LogP contribution is -2.13. The van der Waals surface area contributed by atoms with Crippen molar-refractivity contribution in [1.82, 2.24) is 15.0 Å². The first-order chi connectivity index (χ1) is 7.98. The molecule has 2 heterocycles. The number of hydrogen-bond donors (Lipinski definition) is 1. The zero-order valence-corrected chi connectivity index (χ0v) is 9.85. The predicted octanol–water partition coefficient (Wildman–Crippen LogP) is 0.494. The van der Waals surface area contributed by atoms with E-state index < -0.39 is 10.0 Å². The molecule has 17 heavy (non-hydrogen) atoms. The maximum absolute atomic E-state index is 11.2. The molecule has 0 atom stereocenters. The van der Waals surface area contributed by atoms with E-state index in [9.17, 15) is 8.42 Å². The Labute approximate surface area is 98.6 Å². The van der Waals surface area contributed by atoms with Gasteiger partial charge in [-0.2, -0.15) is 0 Å². The highest BCUT2D eigenvalue weighted by molar-refractivity contribution is 7.89. The molecule has 0 saturated carbocycles. The average Bonchev–Trinajstić information content (AvgIpc) is 2.29.